The first-order chi connectivity index (χ1) is 14.5. The topological polar surface area (TPSA) is 52.7 Å². The minimum Gasteiger partial charge on any atom is -0.320 e. The van der Waals surface area contributed by atoms with Crippen molar-refractivity contribution in [1.82, 2.24) is 4.90 Å². The van der Waals surface area contributed by atoms with Crippen LogP contribution in [0.2, 0.25) is 5.02 Å². The maximum Gasteiger partial charge on any atom is 0.257 e. The first kappa shape index (κ1) is 22.3. The first-order valence-corrected chi connectivity index (χ1v) is 11.2. The first-order valence-electron chi connectivity index (χ1n) is 10.8. The zero-order valence-corrected chi connectivity index (χ0v) is 18.5. The number of anilines is 3. The highest BCUT2D eigenvalue weighted by molar-refractivity contribution is 6.31. The molecule has 1 heterocycles. The van der Waals surface area contributed by atoms with Gasteiger partial charge in [0.1, 0.15) is 0 Å². The molecule has 0 fully saturated rings. The van der Waals surface area contributed by atoms with Crippen LogP contribution in [0.4, 0.5) is 17.1 Å². The van der Waals surface area contributed by atoms with Gasteiger partial charge in [-0.1, -0.05) is 50.4 Å². The van der Waals surface area contributed by atoms with E-state index in [4.69, 9.17) is 11.6 Å². The molecule has 1 aliphatic heterocycles. The normalized spacial score (nSPS) is 12.9. The standard InChI is InChI=1S/C24H30ClN3O2/c1-3-27(4-2)16-10-6-5-7-13-23(29)28-21-12-9-8-11-19(21)24(30)26-20-17-18(25)14-15-22(20)28/h8-9,11-12,14-15,17H,3-7,10,13,16H2,1-2H3,(H,26,30). The number of halogens is 1. The van der Waals surface area contributed by atoms with E-state index in [1.165, 1.54) is 0 Å². The van der Waals surface area contributed by atoms with Crippen LogP contribution in [-0.4, -0.2) is 36.3 Å². The summed E-state index contributed by atoms with van der Waals surface area (Å²) in [6, 6.07) is 12.4. The zero-order chi connectivity index (χ0) is 21.5. The van der Waals surface area contributed by atoms with Gasteiger partial charge >= 0.3 is 0 Å². The van der Waals surface area contributed by atoms with E-state index in [-0.39, 0.29) is 11.8 Å². The van der Waals surface area contributed by atoms with Crippen molar-refractivity contribution in [2.45, 2.75) is 46.0 Å². The molecule has 3 rings (SSSR count). The average Bonchev–Trinajstić information content (AvgIpc) is 2.87. The van der Waals surface area contributed by atoms with Gasteiger partial charge in [0.25, 0.3) is 5.91 Å². The number of hydrogen-bond donors (Lipinski definition) is 1. The average molecular weight is 428 g/mol. The smallest absolute Gasteiger partial charge is 0.257 e. The van der Waals surface area contributed by atoms with E-state index in [1.54, 1.807) is 35.2 Å². The SMILES string of the molecule is CCN(CC)CCCCCCC(=O)N1c2ccc(Cl)cc2NC(=O)c2ccccc21. The Morgan fingerprint density at radius 2 is 1.73 bits per heavy atom. The van der Waals surface area contributed by atoms with Crippen LogP contribution >= 0.6 is 11.6 Å². The second-order valence-electron chi connectivity index (χ2n) is 7.55. The van der Waals surface area contributed by atoms with Gasteiger partial charge < -0.3 is 10.2 Å². The number of nitrogens with zero attached hydrogens (tertiary/aromatic N) is 2. The predicted octanol–water partition coefficient (Wildman–Crippen LogP) is 5.86. The highest BCUT2D eigenvalue weighted by Crippen LogP contribution is 2.39. The van der Waals surface area contributed by atoms with Crippen LogP contribution in [0.3, 0.4) is 0 Å². The van der Waals surface area contributed by atoms with Crippen LogP contribution in [0.1, 0.15) is 56.3 Å². The van der Waals surface area contributed by atoms with Gasteiger partial charge in [-0.3, -0.25) is 14.5 Å². The lowest BCUT2D eigenvalue weighted by molar-refractivity contribution is -0.118. The number of hydrogen-bond acceptors (Lipinski definition) is 3. The molecule has 5 nitrogen and oxygen atoms in total. The summed E-state index contributed by atoms with van der Waals surface area (Å²) in [5, 5.41) is 3.40. The van der Waals surface area contributed by atoms with E-state index < -0.39 is 0 Å². The molecule has 2 aromatic rings. The fourth-order valence-corrected chi connectivity index (χ4v) is 4.04. The molecular weight excluding hydrogens is 398 g/mol. The molecule has 0 spiro atoms. The van der Waals surface area contributed by atoms with Gasteiger partial charge in [0.2, 0.25) is 5.91 Å². The predicted molar refractivity (Wildman–Crippen MR) is 124 cm³/mol. The van der Waals surface area contributed by atoms with E-state index in [9.17, 15) is 9.59 Å². The molecular formula is C24H30ClN3O2. The van der Waals surface area contributed by atoms with Gasteiger partial charge in [0, 0.05) is 11.4 Å². The summed E-state index contributed by atoms with van der Waals surface area (Å²) >= 11 is 6.13. The molecule has 160 valence electrons. The van der Waals surface area contributed by atoms with Crippen LogP contribution in [0.25, 0.3) is 0 Å². The van der Waals surface area contributed by atoms with Gasteiger partial charge in [-0.05, 0) is 62.8 Å². The molecule has 2 aromatic carbocycles. The van der Waals surface area contributed by atoms with Gasteiger partial charge in [0.05, 0.1) is 22.6 Å². The highest BCUT2D eigenvalue weighted by atomic mass is 35.5. The van der Waals surface area contributed by atoms with Crippen molar-refractivity contribution >= 4 is 40.5 Å². The molecule has 6 heteroatoms. The molecule has 1 aliphatic rings. The lowest BCUT2D eigenvalue weighted by Crippen LogP contribution is -2.26. The number of nitrogens with one attached hydrogen (secondary N) is 1. The lowest BCUT2D eigenvalue weighted by atomic mass is 10.1. The lowest BCUT2D eigenvalue weighted by Gasteiger charge is -2.24. The summed E-state index contributed by atoms with van der Waals surface area (Å²) in [7, 11) is 0. The Labute approximate surface area is 184 Å². The third-order valence-corrected chi connectivity index (χ3v) is 5.83. The number of carbonyl (C=O) groups excluding carboxylic acids is 2. The van der Waals surface area contributed by atoms with Crippen molar-refractivity contribution < 1.29 is 9.59 Å². The van der Waals surface area contributed by atoms with Gasteiger partial charge in [-0.15, -0.1) is 0 Å². The minimum absolute atomic E-state index is 0.00809. The van der Waals surface area contributed by atoms with Crippen LogP contribution in [-0.2, 0) is 4.79 Å². The van der Waals surface area contributed by atoms with Crippen molar-refractivity contribution in [2.75, 3.05) is 29.9 Å². The van der Waals surface area contributed by atoms with Crippen molar-refractivity contribution in [3.8, 4) is 0 Å². The Morgan fingerprint density at radius 1 is 1.00 bits per heavy atom. The van der Waals surface area contributed by atoms with Crippen molar-refractivity contribution in [3.63, 3.8) is 0 Å². The fraction of sp³-hybridized carbons (Fsp3) is 0.417. The zero-order valence-electron chi connectivity index (χ0n) is 17.8. The quantitative estimate of drug-likeness (QED) is 0.509. The monoisotopic (exact) mass is 427 g/mol. The molecule has 0 saturated heterocycles. The number of amides is 2. The third kappa shape index (κ3) is 5.21. The van der Waals surface area contributed by atoms with Gasteiger partial charge in [-0.2, -0.15) is 0 Å². The van der Waals surface area contributed by atoms with Crippen molar-refractivity contribution in [2.24, 2.45) is 0 Å². The van der Waals surface area contributed by atoms with Crippen molar-refractivity contribution in [3.05, 3.63) is 53.1 Å². The van der Waals surface area contributed by atoms with Crippen LogP contribution < -0.4 is 10.2 Å². The second-order valence-corrected chi connectivity index (χ2v) is 7.99. The second kappa shape index (κ2) is 10.6. The van der Waals surface area contributed by atoms with Gasteiger partial charge in [-0.25, -0.2) is 0 Å². The molecule has 0 aromatic heterocycles. The van der Waals surface area contributed by atoms with Crippen molar-refractivity contribution in [1.29, 1.82) is 0 Å². The number of para-hydroxylation sites is 1. The summed E-state index contributed by atoms with van der Waals surface area (Å²) in [5.41, 5.74) is 2.31. The molecule has 0 saturated carbocycles. The Balaban J connectivity index is 1.70. The number of unbranched alkanes of at least 4 members (excludes halogenated alkanes) is 3. The van der Waals surface area contributed by atoms with Crippen LogP contribution in [0, 0.1) is 0 Å². The van der Waals surface area contributed by atoms with E-state index in [0.29, 0.717) is 34.1 Å². The number of rotatable bonds is 9. The number of carbonyl (C=O) groups is 2. The highest BCUT2D eigenvalue weighted by Gasteiger charge is 2.28. The summed E-state index contributed by atoms with van der Waals surface area (Å²) < 4.78 is 0. The summed E-state index contributed by atoms with van der Waals surface area (Å²) in [6.07, 6.45) is 4.57. The molecule has 0 radical (unpaired) electrons. The maximum atomic E-state index is 13.2. The summed E-state index contributed by atoms with van der Waals surface area (Å²) in [5.74, 6) is -0.243. The number of fused-ring (bicyclic) bond motifs is 2. The Morgan fingerprint density at radius 3 is 2.50 bits per heavy atom. The molecule has 2 amide bonds. The minimum atomic E-state index is -0.235. The van der Waals surface area contributed by atoms with Crippen LogP contribution in [0.15, 0.2) is 42.5 Å². The fourth-order valence-electron chi connectivity index (χ4n) is 3.87. The largest absolute Gasteiger partial charge is 0.320 e. The van der Waals surface area contributed by atoms with E-state index >= 15 is 0 Å². The third-order valence-electron chi connectivity index (χ3n) is 5.60. The molecule has 1 N–H and O–H groups in total. The van der Waals surface area contributed by atoms with E-state index in [1.807, 2.05) is 12.1 Å². The summed E-state index contributed by atoms with van der Waals surface area (Å²) in [6.45, 7) is 7.65. The van der Waals surface area contributed by atoms with E-state index in [2.05, 4.69) is 24.1 Å². The molecule has 0 unspecified atom stereocenters. The number of benzene rings is 2. The van der Waals surface area contributed by atoms with Gasteiger partial charge in [0.15, 0.2) is 0 Å². The van der Waals surface area contributed by atoms with E-state index in [0.717, 1.165) is 45.3 Å². The summed E-state index contributed by atoms with van der Waals surface area (Å²) in [4.78, 5) is 30.0. The van der Waals surface area contributed by atoms with Crippen LogP contribution in [0.5, 0.6) is 0 Å². The molecule has 0 bridgehead atoms. The maximum absolute atomic E-state index is 13.2. The molecule has 0 aliphatic carbocycles. The Kier molecular flexibility index (Phi) is 7.88. The molecule has 0 atom stereocenters. The Bertz CT molecular complexity index is 896. The Hall–Kier alpha value is -2.37. The molecule has 30 heavy (non-hydrogen) atoms.